The molecule has 2 aliphatic heterocycles. The van der Waals surface area contributed by atoms with Gasteiger partial charge < -0.3 is 9.80 Å². The van der Waals surface area contributed by atoms with Crippen molar-refractivity contribution in [2.75, 3.05) is 31.1 Å². The molecule has 0 aliphatic carbocycles. The third kappa shape index (κ3) is 4.71. The summed E-state index contributed by atoms with van der Waals surface area (Å²) in [6.45, 7) is 5.81. The molecule has 0 radical (unpaired) electrons. The van der Waals surface area contributed by atoms with E-state index in [9.17, 15) is 18.0 Å². The smallest absolute Gasteiger partial charge is 0.226 e. The summed E-state index contributed by atoms with van der Waals surface area (Å²) >= 11 is 0. The number of likely N-dealkylation sites (tertiary alicyclic amines) is 1. The Morgan fingerprint density at radius 1 is 1.12 bits per heavy atom. The zero-order valence-corrected chi connectivity index (χ0v) is 15.7. The quantitative estimate of drug-likeness (QED) is 0.720. The van der Waals surface area contributed by atoms with Gasteiger partial charge in [0.05, 0.1) is 11.5 Å². The summed E-state index contributed by atoms with van der Waals surface area (Å²) < 4.78 is 23.4. The van der Waals surface area contributed by atoms with E-state index >= 15 is 0 Å². The molecule has 0 aromatic carbocycles. The van der Waals surface area contributed by atoms with Crippen LogP contribution in [0.5, 0.6) is 0 Å². The summed E-state index contributed by atoms with van der Waals surface area (Å²) in [6, 6.07) is -0.170. The van der Waals surface area contributed by atoms with Crippen LogP contribution < -0.4 is 0 Å². The predicted molar refractivity (Wildman–Crippen MR) is 93.3 cm³/mol. The highest BCUT2D eigenvalue weighted by atomic mass is 32.2. The molecule has 0 aromatic heterocycles. The molecular weight excluding hydrogens is 328 g/mol. The van der Waals surface area contributed by atoms with Crippen molar-refractivity contribution < 1.29 is 18.0 Å². The molecule has 0 N–H and O–H groups in total. The molecule has 24 heavy (non-hydrogen) atoms. The SMILES string of the molecule is CCCCC(=O)N1CCC(C(=O)N(CC)C2CCS(=O)(=O)C2)CC1. The maximum absolute atomic E-state index is 12.8. The zero-order chi connectivity index (χ0) is 17.7. The van der Waals surface area contributed by atoms with E-state index in [-0.39, 0.29) is 35.3 Å². The molecule has 2 fully saturated rings. The molecule has 0 bridgehead atoms. The molecule has 0 spiro atoms. The Morgan fingerprint density at radius 2 is 1.79 bits per heavy atom. The van der Waals surface area contributed by atoms with Gasteiger partial charge >= 0.3 is 0 Å². The topological polar surface area (TPSA) is 74.8 Å². The van der Waals surface area contributed by atoms with Gasteiger partial charge in [-0.05, 0) is 32.6 Å². The standard InChI is InChI=1S/C17H30N2O4S/c1-3-5-6-16(20)18-10-7-14(8-11-18)17(21)19(4-2)15-9-12-24(22,23)13-15/h14-15H,3-13H2,1-2H3. The van der Waals surface area contributed by atoms with Gasteiger partial charge in [-0.15, -0.1) is 0 Å². The second-order valence-corrected chi connectivity index (χ2v) is 9.17. The van der Waals surface area contributed by atoms with Gasteiger partial charge in [-0.1, -0.05) is 13.3 Å². The van der Waals surface area contributed by atoms with Crippen molar-refractivity contribution in [1.29, 1.82) is 0 Å². The lowest BCUT2D eigenvalue weighted by Gasteiger charge is -2.36. The molecule has 6 nitrogen and oxygen atoms in total. The molecule has 2 rings (SSSR count). The van der Waals surface area contributed by atoms with Crippen molar-refractivity contribution in [2.45, 2.75) is 58.4 Å². The van der Waals surface area contributed by atoms with Gasteiger partial charge in [0, 0.05) is 38.0 Å². The normalized spacial score (nSPS) is 24.1. The lowest BCUT2D eigenvalue weighted by Crippen LogP contribution is -2.48. The van der Waals surface area contributed by atoms with Crippen LogP contribution in [-0.2, 0) is 19.4 Å². The van der Waals surface area contributed by atoms with Crippen molar-refractivity contribution in [3.05, 3.63) is 0 Å². The Morgan fingerprint density at radius 3 is 2.29 bits per heavy atom. The molecule has 2 aliphatic rings. The van der Waals surface area contributed by atoms with E-state index in [1.807, 2.05) is 11.8 Å². The highest BCUT2D eigenvalue weighted by molar-refractivity contribution is 7.91. The first-order valence-corrected chi connectivity index (χ1v) is 11.0. The van der Waals surface area contributed by atoms with E-state index in [2.05, 4.69) is 6.92 Å². The fourth-order valence-corrected chi connectivity index (χ4v) is 5.44. The van der Waals surface area contributed by atoms with Gasteiger partial charge in [-0.25, -0.2) is 8.42 Å². The van der Waals surface area contributed by atoms with E-state index in [1.54, 1.807) is 4.90 Å². The molecule has 138 valence electrons. The lowest BCUT2D eigenvalue weighted by atomic mass is 9.94. The van der Waals surface area contributed by atoms with E-state index in [1.165, 1.54) is 0 Å². The third-order valence-corrected chi connectivity index (χ3v) is 6.96. The highest BCUT2D eigenvalue weighted by Gasteiger charge is 2.37. The van der Waals surface area contributed by atoms with Crippen LogP contribution in [0.4, 0.5) is 0 Å². The Kier molecular flexibility index (Phi) is 6.66. The first-order chi connectivity index (χ1) is 11.4. The summed E-state index contributed by atoms with van der Waals surface area (Å²) in [4.78, 5) is 28.5. The van der Waals surface area contributed by atoms with Gasteiger partial charge in [0.15, 0.2) is 9.84 Å². The number of unbranched alkanes of at least 4 members (excludes halogenated alkanes) is 1. The monoisotopic (exact) mass is 358 g/mol. The summed E-state index contributed by atoms with van der Waals surface area (Å²) in [5.74, 6) is 0.466. The van der Waals surface area contributed by atoms with Crippen molar-refractivity contribution in [2.24, 2.45) is 5.92 Å². The van der Waals surface area contributed by atoms with E-state index in [4.69, 9.17) is 0 Å². The second-order valence-electron chi connectivity index (χ2n) is 6.94. The van der Waals surface area contributed by atoms with Crippen molar-refractivity contribution in [3.63, 3.8) is 0 Å². The first-order valence-electron chi connectivity index (χ1n) is 9.16. The summed E-state index contributed by atoms with van der Waals surface area (Å²) in [5, 5.41) is 0. The van der Waals surface area contributed by atoms with Crippen molar-refractivity contribution in [1.82, 2.24) is 9.80 Å². The molecule has 7 heteroatoms. The van der Waals surface area contributed by atoms with Gasteiger partial charge in [0.2, 0.25) is 11.8 Å². The largest absolute Gasteiger partial charge is 0.343 e. The highest BCUT2D eigenvalue weighted by Crippen LogP contribution is 2.25. The number of carbonyl (C=O) groups excluding carboxylic acids is 2. The molecule has 2 heterocycles. The zero-order valence-electron chi connectivity index (χ0n) is 14.9. The average molecular weight is 359 g/mol. The Bertz CT molecular complexity index is 553. The molecule has 2 amide bonds. The first kappa shape index (κ1) is 19.2. The minimum absolute atomic E-state index is 0.0697. The number of piperidine rings is 1. The lowest BCUT2D eigenvalue weighted by molar-refractivity contribution is -0.142. The van der Waals surface area contributed by atoms with E-state index in [0.29, 0.717) is 45.3 Å². The summed E-state index contributed by atoms with van der Waals surface area (Å²) in [5.41, 5.74) is 0. The fraction of sp³-hybridized carbons (Fsp3) is 0.882. The number of rotatable bonds is 6. The summed E-state index contributed by atoms with van der Waals surface area (Å²) in [7, 11) is -2.99. The minimum Gasteiger partial charge on any atom is -0.343 e. The maximum Gasteiger partial charge on any atom is 0.226 e. The van der Waals surface area contributed by atoms with Gasteiger partial charge in [0.25, 0.3) is 0 Å². The molecule has 1 atom stereocenters. The predicted octanol–water partition coefficient (Wildman–Crippen LogP) is 1.45. The van der Waals surface area contributed by atoms with Crippen LogP contribution in [0.25, 0.3) is 0 Å². The number of nitrogens with zero attached hydrogens (tertiary/aromatic N) is 2. The van der Waals surface area contributed by atoms with Crippen LogP contribution in [0.2, 0.25) is 0 Å². The number of hydrogen-bond donors (Lipinski definition) is 0. The maximum atomic E-state index is 12.8. The Hall–Kier alpha value is -1.11. The molecule has 2 saturated heterocycles. The Labute approximate surface area is 145 Å². The average Bonchev–Trinajstić information content (AvgIpc) is 2.93. The van der Waals surface area contributed by atoms with Crippen LogP contribution in [0, 0.1) is 5.92 Å². The number of amides is 2. The number of carbonyl (C=O) groups is 2. The van der Waals surface area contributed by atoms with Gasteiger partial charge in [0.1, 0.15) is 0 Å². The molecular formula is C17H30N2O4S. The minimum atomic E-state index is -2.99. The van der Waals surface area contributed by atoms with Crippen LogP contribution in [0.3, 0.4) is 0 Å². The molecule has 1 unspecified atom stereocenters. The van der Waals surface area contributed by atoms with E-state index in [0.717, 1.165) is 12.8 Å². The molecule has 0 aromatic rings. The van der Waals surface area contributed by atoms with Crippen molar-refractivity contribution in [3.8, 4) is 0 Å². The Balaban J connectivity index is 1.88. The van der Waals surface area contributed by atoms with Gasteiger partial charge in [-0.3, -0.25) is 9.59 Å². The number of sulfone groups is 1. The molecule has 0 saturated carbocycles. The van der Waals surface area contributed by atoms with Crippen LogP contribution >= 0.6 is 0 Å². The van der Waals surface area contributed by atoms with E-state index < -0.39 is 9.84 Å². The van der Waals surface area contributed by atoms with Crippen molar-refractivity contribution >= 4 is 21.7 Å². The second kappa shape index (κ2) is 8.32. The summed E-state index contributed by atoms with van der Waals surface area (Å²) in [6.07, 6.45) is 4.44. The fourth-order valence-electron chi connectivity index (χ4n) is 3.71. The third-order valence-electron chi connectivity index (χ3n) is 5.21. The number of hydrogen-bond acceptors (Lipinski definition) is 4. The van der Waals surface area contributed by atoms with Crippen LogP contribution in [0.15, 0.2) is 0 Å². The van der Waals surface area contributed by atoms with Gasteiger partial charge in [-0.2, -0.15) is 0 Å². The van der Waals surface area contributed by atoms with Crippen LogP contribution in [0.1, 0.15) is 52.4 Å². The van der Waals surface area contributed by atoms with Crippen LogP contribution in [-0.4, -0.2) is 67.2 Å².